The second kappa shape index (κ2) is 5.57. The Morgan fingerprint density at radius 1 is 1.56 bits per heavy atom. The molecule has 1 heterocycles. The summed E-state index contributed by atoms with van der Waals surface area (Å²) in [6.07, 6.45) is 0. The maximum absolute atomic E-state index is 11.5. The van der Waals surface area contributed by atoms with Gasteiger partial charge in [0.15, 0.2) is 0 Å². The van der Waals surface area contributed by atoms with Gasteiger partial charge in [0.25, 0.3) is 5.91 Å². The molecule has 3 N–H and O–H groups in total. The first-order valence-electron chi connectivity index (χ1n) is 4.67. The molecule has 88 valence electrons. The highest BCUT2D eigenvalue weighted by atomic mass is 32.1. The third-order valence-corrected chi connectivity index (χ3v) is 2.73. The van der Waals surface area contributed by atoms with E-state index in [0.717, 1.165) is 0 Å². The van der Waals surface area contributed by atoms with Crippen LogP contribution in [0.4, 0.5) is 0 Å². The fourth-order valence-corrected chi connectivity index (χ4v) is 1.57. The standard InChI is InChI=1S/C9H14N4O2S/c1-13(2)8(14)4-11-9(15)6-5-16-7(3-10)12-6/h5H,3-4,10H2,1-2H3,(H,11,15). The van der Waals surface area contributed by atoms with Crippen molar-refractivity contribution in [2.75, 3.05) is 20.6 Å². The largest absolute Gasteiger partial charge is 0.347 e. The first-order chi connectivity index (χ1) is 7.54. The maximum Gasteiger partial charge on any atom is 0.271 e. The van der Waals surface area contributed by atoms with E-state index < -0.39 is 0 Å². The number of nitrogens with two attached hydrogens (primary N) is 1. The molecule has 0 saturated heterocycles. The van der Waals surface area contributed by atoms with E-state index in [2.05, 4.69) is 10.3 Å². The molecule has 1 aromatic heterocycles. The molecule has 2 amide bonds. The number of amides is 2. The molecule has 7 heteroatoms. The monoisotopic (exact) mass is 242 g/mol. The first kappa shape index (κ1) is 12.6. The summed E-state index contributed by atoms with van der Waals surface area (Å²) in [6, 6.07) is 0. The Kier molecular flexibility index (Phi) is 4.39. The molecule has 0 aliphatic rings. The van der Waals surface area contributed by atoms with Crippen LogP contribution < -0.4 is 11.1 Å². The van der Waals surface area contributed by atoms with Crippen LogP contribution in [0.2, 0.25) is 0 Å². The number of hydrogen-bond donors (Lipinski definition) is 2. The van der Waals surface area contributed by atoms with Crippen LogP contribution in [0.25, 0.3) is 0 Å². The van der Waals surface area contributed by atoms with Crippen molar-refractivity contribution >= 4 is 23.2 Å². The molecule has 0 unspecified atom stereocenters. The van der Waals surface area contributed by atoms with Crippen molar-refractivity contribution in [3.8, 4) is 0 Å². The SMILES string of the molecule is CN(C)C(=O)CNC(=O)c1csc(CN)n1. The van der Waals surface area contributed by atoms with Crippen LogP contribution in [0, 0.1) is 0 Å². The first-order valence-corrected chi connectivity index (χ1v) is 5.55. The van der Waals surface area contributed by atoms with E-state index in [1.165, 1.54) is 16.2 Å². The molecule has 0 aromatic carbocycles. The van der Waals surface area contributed by atoms with Crippen molar-refractivity contribution in [2.24, 2.45) is 5.73 Å². The van der Waals surface area contributed by atoms with E-state index in [4.69, 9.17) is 5.73 Å². The van der Waals surface area contributed by atoms with Gasteiger partial charge in [-0.1, -0.05) is 0 Å². The number of carbonyl (C=O) groups is 2. The lowest BCUT2D eigenvalue weighted by Gasteiger charge is -2.09. The molecule has 1 aromatic rings. The van der Waals surface area contributed by atoms with Crippen LogP contribution in [0.3, 0.4) is 0 Å². The van der Waals surface area contributed by atoms with Gasteiger partial charge >= 0.3 is 0 Å². The number of nitrogens with one attached hydrogen (secondary N) is 1. The van der Waals surface area contributed by atoms with Crippen molar-refractivity contribution in [3.63, 3.8) is 0 Å². The van der Waals surface area contributed by atoms with E-state index >= 15 is 0 Å². The number of nitrogens with zero attached hydrogens (tertiary/aromatic N) is 2. The Morgan fingerprint density at radius 2 is 2.25 bits per heavy atom. The van der Waals surface area contributed by atoms with Crippen molar-refractivity contribution < 1.29 is 9.59 Å². The van der Waals surface area contributed by atoms with Crippen LogP contribution in [0.15, 0.2) is 5.38 Å². The second-order valence-electron chi connectivity index (χ2n) is 3.30. The van der Waals surface area contributed by atoms with Gasteiger partial charge in [0.2, 0.25) is 5.91 Å². The van der Waals surface area contributed by atoms with Crippen molar-refractivity contribution in [3.05, 3.63) is 16.1 Å². The van der Waals surface area contributed by atoms with Crippen LogP contribution in [-0.2, 0) is 11.3 Å². The predicted molar refractivity (Wildman–Crippen MR) is 61.0 cm³/mol. The molecular weight excluding hydrogens is 228 g/mol. The zero-order chi connectivity index (χ0) is 12.1. The molecular formula is C9H14N4O2S. The highest BCUT2D eigenvalue weighted by Gasteiger charge is 2.12. The molecule has 6 nitrogen and oxygen atoms in total. The molecule has 0 saturated carbocycles. The molecule has 0 aliphatic heterocycles. The average Bonchev–Trinajstić information content (AvgIpc) is 2.73. The van der Waals surface area contributed by atoms with Crippen molar-refractivity contribution in [1.82, 2.24) is 15.2 Å². The van der Waals surface area contributed by atoms with Crippen molar-refractivity contribution in [1.29, 1.82) is 0 Å². The predicted octanol–water partition coefficient (Wildman–Crippen LogP) is -0.580. The summed E-state index contributed by atoms with van der Waals surface area (Å²) < 4.78 is 0. The summed E-state index contributed by atoms with van der Waals surface area (Å²) in [7, 11) is 3.26. The van der Waals surface area contributed by atoms with Gasteiger partial charge in [-0.15, -0.1) is 11.3 Å². The van der Waals surface area contributed by atoms with Gasteiger partial charge in [0.05, 0.1) is 6.54 Å². The fraction of sp³-hybridized carbons (Fsp3) is 0.444. The summed E-state index contributed by atoms with van der Waals surface area (Å²) in [5.74, 6) is -0.520. The summed E-state index contributed by atoms with van der Waals surface area (Å²) in [6.45, 7) is 0.288. The quantitative estimate of drug-likeness (QED) is 0.739. The number of hydrogen-bond acceptors (Lipinski definition) is 5. The maximum atomic E-state index is 11.5. The van der Waals surface area contributed by atoms with Gasteiger partial charge in [0.1, 0.15) is 10.7 Å². The van der Waals surface area contributed by atoms with Crippen LogP contribution in [-0.4, -0.2) is 42.3 Å². The minimum atomic E-state index is -0.355. The van der Waals surface area contributed by atoms with Gasteiger partial charge in [-0.05, 0) is 0 Å². The van der Waals surface area contributed by atoms with E-state index in [0.29, 0.717) is 17.2 Å². The Balaban J connectivity index is 2.49. The minimum Gasteiger partial charge on any atom is -0.347 e. The van der Waals surface area contributed by atoms with E-state index in [1.54, 1.807) is 19.5 Å². The topological polar surface area (TPSA) is 88.3 Å². The lowest BCUT2D eigenvalue weighted by Crippen LogP contribution is -2.36. The normalized spacial score (nSPS) is 9.94. The average molecular weight is 242 g/mol. The van der Waals surface area contributed by atoms with Gasteiger partial charge in [0, 0.05) is 26.0 Å². The Morgan fingerprint density at radius 3 is 2.75 bits per heavy atom. The third-order valence-electron chi connectivity index (χ3n) is 1.86. The molecule has 0 atom stereocenters. The van der Waals surface area contributed by atoms with E-state index in [9.17, 15) is 9.59 Å². The molecule has 0 spiro atoms. The van der Waals surface area contributed by atoms with Crippen molar-refractivity contribution in [2.45, 2.75) is 6.54 Å². The smallest absolute Gasteiger partial charge is 0.271 e. The summed E-state index contributed by atoms with van der Waals surface area (Å²) in [5.41, 5.74) is 5.68. The number of rotatable bonds is 4. The molecule has 0 bridgehead atoms. The molecule has 0 radical (unpaired) electrons. The fourth-order valence-electron chi connectivity index (χ4n) is 0.913. The van der Waals surface area contributed by atoms with E-state index in [-0.39, 0.29) is 18.4 Å². The highest BCUT2D eigenvalue weighted by molar-refractivity contribution is 7.09. The molecule has 1 rings (SSSR count). The Hall–Kier alpha value is -1.47. The Labute approximate surface area is 97.5 Å². The zero-order valence-corrected chi connectivity index (χ0v) is 10.0. The van der Waals surface area contributed by atoms with E-state index in [1.807, 2.05) is 0 Å². The molecule has 0 aliphatic carbocycles. The van der Waals surface area contributed by atoms with Gasteiger partial charge in [-0.3, -0.25) is 9.59 Å². The number of aromatic nitrogens is 1. The van der Waals surface area contributed by atoms with Crippen LogP contribution >= 0.6 is 11.3 Å². The summed E-state index contributed by atoms with van der Waals surface area (Å²) >= 11 is 1.33. The van der Waals surface area contributed by atoms with Gasteiger partial charge < -0.3 is 16.0 Å². The number of carbonyl (C=O) groups excluding carboxylic acids is 2. The summed E-state index contributed by atoms with van der Waals surface area (Å²) in [5, 5.41) is 4.81. The molecule has 0 fully saturated rings. The van der Waals surface area contributed by atoms with Gasteiger partial charge in [-0.2, -0.15) is 0 Å². The minimum absolute atomic E-state index is 0.0265. The Bertz CT molecular complexity index is 389. The second-order valence-corrected chi connectivity index (χ2v) is 4.24. The van der Waals surface area contributed by atoms with Crippen LogP contribution in [0.1, 0.15) is 15.5 Å². The number of likely N-dealkylation sites (N-methyl/N-ethyl adjacent to an activating group) is 1. The third kappa shape index (κ3) is 3.28. The lowest BCUT2D eigenvalue weighted by molar-refractivity contribution is -0.127. The number of thiazole rings is 1. The lowest BCUT2D eigenvalue weighted by atomic mass is 10.4. The van der Waals surface area contributed by atoms with Crippen LogP contribution in [0.5, 0.6) is 0 Å². The zero-order valence-electron chi connectivity index (χ0n) is 9.19. The highest BCUT2D eigenvalue weighted by Crippen LogP contribution is 2.08. The van der Waals surface area contributed by atoms with Gasteiger partial charge in [-0.25, -0.2) is 4.98 Å². The summed E-state index contributed by atoms with van der Waals surface area (Å²) in [4.78, 5) is 28.2. The molecule has 16 heavy (non-hydrogen) atoms.